The van der Waals surface area contributed by atoms with Crippen molar-refractivity contribution in [3.63, 3.8) is 0 Å². The van der Waals surface area contributed by atoms with E-state index in [-0.39, 0.29) is 0 Å². The first kappa shape index (κ1) is 22.1. The van der Waals surface area contributed by atoms with Crippen LogP contribution in [0.2, 0.25) is 5.02 Å². The van der Waals surface area contributed by atoms with E-state index in [2.05, 4.69) is 22.2 Å². The Kier molecular flexibility index (Phi) is 8.04. The number of benzene rings is 2. The molecule has 3 rings (SSSR count). The molecule has 0 saturated carbocycles. The highest BCUT2D eigenvalue weighted by Crippen LogP contribution is 2.28. The van der Waals surface area contributed by atoms with Crippen LogP contribution in [-0.2, 0) is 0 Å². The molecule has 158 valence electrons. The van der Waals surface area contributed by atoms with Crippen LogP contribution in [0.25, 0.3) is 11.4 Å². The molecule has 0 aliphatic carbocycles. The minimum Gasteiger partial charge on any atom is -0.493 e. The van der Waals surface area contributed by atoms with Crippen molar-refractivity contribution in [2.24, 2.45) is 5.10 Å². The fraction of sp³-hybridized carbons (Fsp3) is 0.318. The Bertz CT molecular complexity index is 1060. The van der Waals surface area contributed by atoms with Crippen LogP contribution >= 0.6 is 23.8 Å². The van der Waals surface area contributed by atoms with Crippen molar-refractivity contribution in [1.29, 1.82) is 0 Å². The van der Waals surface area contributed by atoms with Crippen LogP contribution in [0.5, 0.6) is 11.5 Å². The summed E-state index contributed by atoms with van der Waals surface area (Å²) in [5.41, 5.74) is 1.59. The maximum atomic E-state index is 6.30. The third-order valence-electron chi connectivity index (χ3n) is 4.53. The molecule has 1 N–H and O–H groups in total. The van der Waals surface area contributed by atoms with Gasteiger partial charge >= 0.3 is 0 Å². The highest BCUT2D eigenvalue weighted by Gasteiger charge is 2.11. The van der Waals surface area contributed by atoms with Crippen LogP contribution in [0.4, 0.5) is 0 Å². The molecule has 0 fully saturated rings. The quantitative estimate of drug-likeness (QED) is 0.233. The Hall–Kier alpha value is -2.64. The van der Waals surface area contributed by atoms with Crippen molar-refractivity contribution in [1.82, 2.24) is 14.9 Å². The van der Waals surface area contributed by atoms with Gasteiger partial charge in [0.25, 0.3) is 0 Å². The van der Waals surface area contributed by atoms with E-state index in [9.17, 15) is 0 Å². The molecule has 0 radical (unpaired) electrons. The van der Waals surface area contributed by atoms with E-state index in [1.807, 2.05) is 36.4 Å². The smallest absolute Gasteiger partial charge is 0.216 e. The van der Waals surface area contributed by atoms with Crippen LogP contribution in [0.1, 0.15) is 38.2 Å². The second kappa shape index (κ2) is 10.9. The standard InChI is InChI=1S/C22H25ClN4O2S/c1-3-4-5-8-13-29-19-12-11-16(14-20(19)28-2)15-24-27-21(25-26-22(27)30)17-9-6-7-10-18(17)23/h6-7,9-12,14-15H,3-5,8,13H2,1-2H3,(H,26,30)/b24-15-. The van der Waals surface area contributed by atoms with Crippen LogP contribution < -0.4 is 9.47 Å². The number of halogens is 1. The van der Waals surface area contributed by atoms with Gasteiger partial charge in [-0.15, -0.1) is 0 Å². The van der Waals surface area contributed by atoms with E-state index in [0.29, 0.717) is 28.0 Å². The van der Waals surface area contributed by atoms with E-state index in [4.69, 9.17) is 33.3 Å². The number of hydrogen-bond donors (Lipinski definition) is 1. The molecule has 3 aromatic rings. The molecule has 1 heterocycles. The lowest BCUT2D eigenvalue weighted by molar-refractivity contribution is 0.285. The van der Waals surface area contributed by atoms with Crippen molar-refractivity contribution in [3.8, 4) is 22.9 Å². The van der Waals surface area contributed by atoms with Gasteiger partial charge in [0.1, 0.15) is 0 Å². The van der Waals surface area contributed by atoms with E-state index in [1.165, 1.54) is 19.3 Å². The number of ether oxygens (including phenoxy) is 2. The molecule has 2 aromatic carbocycles. The van der Waals surface area contributed by atoms with Gasteiger partial charge in [-0.05, 0) is 54.5 Å². The number of unbranched alkanes of at least 4 members (excludes halogenated alkanes) is 3. The van der Waals surface area contributed by atoms with Crippen LogP contribution in [0, 0.1) is 4.77 Å². The predicted octanol–water partition coefficient (Wildman–Crippen LogP) is 6.11. The number of hydrogen-bond acceptors (Lipinski definition) is 5. The number of nitrogens with one attached hydrogen (secondary N) is 1. The lowest BCUT2D eigenvalue weighted by atomic mass is 10.2. The maximum absolute atomic E-state index is 6.30. The summed E-state index contributed by atoms with van der Waals surface area (Å²) >= 11 is 11.6. The van der Waals surface area contributed by atoms with Gasteiger partial charge in [-0.1, -0.05) is 49.9 Å². The number of aromatic nitrogens is 3. The Morgan fingerprint density at radius 2 is 2.00 bits per heavy atom. The number of H-pyrrole nitrogens is 1. The molecule has 8 heteroatoms. The molecule has 0 atom stereocenters. The zero-order valence-corrected chi connectivity index (χ0v) is 18.7. The molecule has 1 aromatic heterocycles. The SMILES string of the molecule is CCCCCCOc1ccc(/C=N\n2c(-c3ccccc3Cl)n[nH]c2=S)cc1OC. The zero-order valence-electron chi connectivity index (χ0n) is 17.1. The van der Waals surface area contributed by atoms with Gasteiger partial charge in [0.2, 0.25) is 4.77 Å². The number of aromatic amines is 1. The second-order valence-electron chi connectivity index (χ2n) is 6.71. The van der Waals surface area contributed by atoms with E-state index in [1.54, 1.807) is 24.1 Å². The van der Waals surface area contributed by atoms with Gasteiger partial charge in [-0.25, -0.2) is 5.10 Å². The molecule has 0 saturated heterocycles. The predicted molar refractivity (Wildman–Crippen MR) is 123 cm³/mol. The van der Waals surface area contributed by atoms with Gasteiger partial charge in [0, 0.05) is 5.56 Å². The number of nitrogens with zero attached hydrogens (tertiary/aromatic N) is 3. The molecule has 0 aliphatic rings. The summed E-state index contributed by atoms with van der Waals surface area (Å²) in [6.07, 6.45) is 6.32. The average molecular weight is 445 g/mol. The van der Waals surface area contributed by atoms with Gasteiger partial charge in [-0.2, -0.15) is 14.9 Å². The highest BCUT2D eigenvalue weighted by molar-refractivity contribution is 7.71. The molecule has 0 aliphatic heterocycles. The largest absolute Gasteiger partial charge is 0.493 e. The van der Waals surface area contributed by atoms with Crippen LogP contribution in [0.15, 0.2) is 47.6 Å². The van der Waals surface area contributed by atoms with E-state index < -0.39 is 0 Å². The summed E-state index contributed by atoms with van der Waals surface area (Å²) in [5, 5.41) is 12.1. The topological polar surface area (TPSA) is 64.4 Å². The average Bonchev–Trinajstić information content (AvgIpc) is 3.13. The van der Waals surface area contributed by atoms with Crippen molar-refractivity contribution < 1.29 is 9.47 Å². The van der Waals surface area contributed by atoms with E-state index in [0.717, 1.165) is 23.3 Å². The normalized spacial score (nSPS) is 11.2. The number of methoxy groups -OCH3 is 1. The summed E-state index contributed by atoms with van der Waals surface area (Å²) in [4.78, 5) is 0. The Labute approximate surface area is 186 Å². The van der Waals surface area contributed by atoms with Crippen LogP contribution in [0.3, 0.4) is 0 Å². The summed E-state index contributed by atoms with van der Waals surface area (Å²) < 4.78 is 13.3. The minimum atomic E-state index is 0.375. The third kappa shape index (κ3) is 5.49. The van der Waals surface area contributed by atoms with Crippen molar-refractivity contribution in [2.75, 3.05) is 13.7 Å². The molecular weight excluding hydrogens is 420 g/mol. The van der Waals surface area contributed by atoms with E-state index >= 15 is 0 Å². The fourth-order valence-corrected chi connectivity index (χ4v) is 3.33. The van der Waals surface area contributed by atoms with Crippen molar-refractivity contribution >= 4 is 30.0 Å². The highest BCUT2D eigenvalue weighted by atomic mass is 35.5. The molecular formula is C22H25ClN4O2S. The van der Waals surface area contributed by atoms with Crippen LogP contribution in [-0.4, -0.2) is 34.8 Å². The maximum Gasteiger partial charge on any atom is 0.216 e. The molecule has 6 nitrogen and oxygen atoms in total. The zero-order chi connectivity index (χ0) is 21.3. The lowest BCUT2D eigenvalue weighted by Gasteiger charge is -2.11. The molecule has 0 bridgehead atoms. The molecule has 30 heavy (non-hydrogen) atoms. The first-order valence-corrected chi connectivity index (χ1v) is 10.7. The van der Waals surface area contributed by atoms with Gasteiger partial charge < -0.3 is 9.47 Å². The molecule has 0 unspecified atom stereocenters. The summed E-state index contributed by atoms with van der Waals surface area (Å²) in [7, 11) is 1.63. The Morgan fingerprint density at radius 3 is 2.77 bits per heavy atom. The minimum absolute atomic E-state index is 0.375. The Morgan fingerprint density at radius 1 is 1.17 bits per heavy atom. The Balaban J connectivity index is 1.78. The third-order valence-corrected chi connectivity index (χ3v) is 5.12. The van der Waals surface area contributed by atoms with Gasteiger partial charge in [-0.3, -0.25) is 0 Å². The first-order chi connectivity index (χ1) is 14.6. The summed E-state index contributed by atoms with van der Waals surface area (Å²) in [5.74, 6) is 1.93. The summed E-state index contributed by atoms with van der Waals surface area (Å²) in [6.45, 7) is 2.87. The monoisotopic (exact) mass is 444 g/mol. The lowest BCUT2D eigenvalue weighted by Crippen LogP contribution is -2.00. The number of rotatable bonds is 10. The first-order valence-electron chi connectivity index (χ1n) is 9.91. The van der Waals surface area contributed by atoms with Crippen molar-refractivity contribution in [3.05, 3.63) is 57.8 Å². The fourth-order valence-electron chi connectivity index (χ4n) is 2.93. The molecule has 0 spiro atoms. The van der Waals surface area contributed by atoms with Crippen molar-refractivity contribution in [2.45, 2.75) is 32.6 Å². The van der Waals surface area contributed by atoms with Gasteiger partial charge in [0.05, 0.1) is 25.0 Å². The second-order valence-corrected chi connectivity index (χ2v) is 7.50. The van der Waals surface area contributed by atoms with Gasteiger partial charge in [0.15, 0.2) is 17.3 Å². The summed E-state index contributed by atoms with van der Waals surface area (Å²) in [6, 6.07) is 13.1. The molecule has 0 amide bonds.